The number of carbonyl (C=O) groups is 1. The molecule has 126 valence electrons. The van der Waals surface area contributed by atoms with Crippen molar-refractivity contribution in [1.82, 2.24) is 5.32 Å². The Bertz CT molecular complexity index is 344. The molecule has 0 radical (unpaired) electrons. The maximum absolute atomic E-state index is 11.7. The zero-order valence-corrected chi connectivity index (χ0v) is 16.2. The first-order valence-electron chi connectivity index (χ1n) is 7.56. The van der Waals surface area contributed by atoms with E-state index in [-0.39, 0.29) is 17.2 Å². The highest BCUT2D eigenvalue weighted by Gasteiger charge is 2.39. The normalized spacial score (nSPS) is 16.3. The molecule has 5 nitrogen and oxygen atoms in total. The molecule has 0 bridgehead atoms. The monoisotopic (exact) mass is 318 g/mol. The lowest BCUT2D eigenvalue weighted by atomic mass is 10.2. The van der Waals surface area contributed by atoms with Gasteiger partial charge in [0.25, 0.3) is 0 Å². The quantitative estimate of drug-likeness (QED) is 0.763. The van der Waals surface area contributed by atoms with Crippen molar-refractivity contribution in [3.63, 3.8) is 0 Å². The Balaban J connectivity index is 4.63. The van der Waals surface area contributed by atoms with E-state index in [1.807, 2.05) is 27.7 Å². The highest BCUT2D eigenvalue weighted by molar-refractivity contribution is 6.74. The van der Waals surface area contributed by atoms with Crippen LogP contribution in [0.25, 0.3) is 0 Å². The van der Waals surface area contributed by atoms with E-state index in [0.717, 1.165) is 0 Å². The number of carbonyl (C=O) groups excluding carboxylic acids is 1. The molecule has 0 spiro atoms. The molecule has 0 saturated carbocycles. The van der Waals surface area contributed by atoms with Crippen LogP contribution in [-0.2, 0) is 9.16 Å². The van der Waals surface area contributed by atoms with Gasteiger partial charge in [0, 0.05) is 12.6 Å². The summed E-state index contributed by atoms with van der Waals surface area (Å²) in [6.45, 7) is 18.7. The molecule has 0 saturated heterocycles. The van der Waals surface area contributed by atoms with Gasteiger partial charge >= 0.3 is 6.09 Å². The van der Waals surface area contributed by atoms with Gasteiger partial charge in [-0.1, -0.05) is 20.8 Å². The summed E-state index contributed by atoms with van der Waals surface area (Å²) in [5.41, 5.74) is 5.50. The Kier molecular flexibility index (Phi) is 6.91. The third-order valence-electron chi connectivity index (χ3n) is 3.69. The van der Waals surface area contributed by atoms with E-state index in [0.29, 0.717) is 6.54 Å². The van der Waals surface area contributed by atoms with E-state index in [2.05, 4.69) is 39.2 Å². The summed E-state index contributed by atoms with van der Waals surface area (Å²) >= 11 is 0. The molecule has 0 aromatic carbocycles. The van der Waals surface area contributed by atoms with Crippen LogP contribution in [0.5, 0.6) is 0 Å². The fourth-order valence-electron chi connectivity index (χ4n) is 1.39. The van der Waals surface area contributed by atoms with Crippen LogP contribution < -0.4 is 11.1 Å². The van der Waals surface area contributed by atoms with Crippen LogP contribution in [0.2, 0.25) is 18.1 Å². The summed E-state index contributed by atoms with van der Waals surface area (Å²) in [6.07, 6.45) is -0.648. The molecule has 0 aliphatic rings. The molecule has 3 N–H and O–H groups in total. The topological polar surface area (TPSA) is 73.6 Å². The number of amides is 1. The number of hydrogen-bond acceptors (Lipinski definition) is 4. The first-order chi connectivity index (χ1) is 9.16. The van der Waals surface area contributed by atoms with Gasteiger partial charge in [0.1, 0.15) is 5.60 Å². The minimum absolute atomic E-state index is 0.103. The van der Waals surface area contributed by atoms with E-state index >= 15 is 0 Å². The Morgan fingerprint density at radius 3 is 2.00 bits per heavy atom. The SMILES string of the molecule is C[C@@H](N)[C@@H](CNC(=O)OC(C)(C)C)O[Si](C)(C)C(C)(C)C. The van der Waals surface area contributed by atoms with Gasteiger partial charge < -0.3 is 20.2 Å². The third kappa shape index (κ3) is 7.83. The van der Waals surface area contributed by atoms with Crippen molar-refractivity contribution in [2.45, 2.75) is 84.3 Å². The lowest BCUT2D eigenvalue weighted by Crippen LogP contribution is -2.52. The molecule has 1 amide bonds. The zero-order valence-electron chi connectivity index (χ0n) is 15.2. The van der Waals surface area contributed by atoms with Gasteiger partial charge in [-0.2, -0.15) is 0 Å². The third-order valence-corrected chi connectivity index (χ3v) is 8.19. The lowest BCUT2D eigenvalue weighted by Gasteiger charge is -2.40. The van der Waals surface area contributed by atoms with Crippen LogP contribution in [0.15, 0.2) is 0 Å². The summed E-state index contributed by atoms with van der Waals surface area (Å²) in [4.78, 5) is 11.7. The molecule has 21 heavy (non-hydrogen) atoms. The van der Waals surface area contributed by atoms with Crippen molar-refractivity contribution in [2.75, 3.05) is 6.54 Å². The lowest BCUT2D eigenvalue weighted by molar-refractivity contribution is 0.0489. The van der Waals surface area contributed by atoms with Crippen molar-refractivity contribution in [3.05, 3.63) is 0 Å². The van der Waals surface area contributed by atoms with Crippen LogP contribution in [0.4, 0.5) is 4.79 Å². The second kappa shape index (κ2) is 7.11. The van der Waals surface area contributed by atoms with E-state index in [9.17, 15) is 4.79 Å². The van der Waals surface area contributed by atoms with Crippen LogP contribution >= 0.6 is 0 Å². The molecule has 0 aliphatic heterocycles. The smallest absolute Gasteiger partial charge is 0.407 e. The van der Waals surface area contributed by atoms with Crippen LogP contribution in [-0.4, -0.2) is 38.7 Å². The van der Waals surface area contributed by atoms with Gasteiger partial charge in [-0.05, 0) is 45.8 Å². The molecule has 0 aliphatic carbocycles. The fourth-order valence-corrected chi connectivity index (χ4v) is 2.80. The summed E-state index contributed by atoms with van der Waals surface area (Å²) in [6, 6.07) is -0.158. The highest BCUT2D eigenvalue weighted by Crippen LogP contribution is 2.37. The van der Waals surface area contributed by atoms with Gasteiger partial charge in [-0.15, -0.1) is 0 Å². The minimum atomic E-state index is -1.92. The Morgan fingerprint density at radius 1 is 1.19 bits per heavy atom. The molecule has 2 atom stereocenters. The van der Waals surface area contributed by atoms with E-state index < -0.39 is 20.0 Å². The number of hydrogen-bond donors (Lipinski definition) is 2. The Hall–Kier alpha value is -0.593. The van der Waals surface area contributed by atoms with Crippen LogP contribution in [0.1, 0.15) is 48.5 Å². The summed E-state index contributed by atoms with van der Waals surface area (Å²) in [7, 11) is -1.92. The number of rotatable bonds is 5. The summed E-state index contributed by atoms with van der Waals surface area (Å²) < 4.78 is 11.5. The molecule has 0 fully saturated rings. The molecular weight excluding hydrogens is 284 g/mol. The van der Waals surface area contributed by atoms with Gasteiger partial charge in [0.2, 0.25) is 0 Å². The van der Waals surface area contributed by atoms with Crippen molar-refractivity contribution in [3.8, 4) is 0 Å². The zero-order chi connectivity index (χ0) is 17.1. The Morgan fingerprint density at radius 2 is 1.67 bits per heavy atom. The molecular formula is C15H34N2O3Si. The van der Waals surface area contributed by atoms with Crippen LogP contribution in [0, 0.1) is 0 Å². The molecule has 0 heterocycles. The largest absolute Gasteiger partial charge is 0.444 e. The highest BCUT2D eigenvalue weighted by atomic mass is 28.4. The van der Waals surface area contributed by atoms with Gasteiger partial charge in [-0.25, -0.2) is 4.79 Å². The van der Waals surface area contributed by atoms with Crippen LogP contribution in [0.3, 0.4) is 0 Å². The van der Waals surface area contributed by atoms with E-state index in [4.69, 9.17) is 14.9 Å². The van der Waals surface area contributed by atoms with Gasteiger partial charge in [-0.3, -0.25) is 0 Å². The van der Waals surface area contributed by atoms with Crippen molar-refractivity contribution in [2.24, 2.45) is 5.73 Å². The molecule has 6 heteroatoms. The van der Waals surface area contributed by atoms with E-state index in [1.54, 1.807) is 0 Å². The fraction of sp³-hybridized carbons (Fsp3) is 0.933. The molecule has 0 aromatic heterocycles. The minimum Gasteiger partial charge on any atom is -0.444 e. The first-order valence-corrected chi connectivity index (χ1v) is 10.5. The maximum atomic E-state index is 11.7. The molecule has 0 aromatic rings. The number of nitrogens with two attached hydrogens (primary N) is 1. The molecule has 0 unspecified atom stereocenters. The second-order valence-corrected chi connectivity index (χ2v) is 12.9. The number of nitrogens with one attached hydrogen (secondary N) is 1. The molecule has 0 rings (SSSR count). The van der Waals surface area contributed by atoms with Gasteiger partial charge in [0.15, 0.2) is 8.32 Å². The Labute approximate surface area is 131 Å². The summed E-state index contributed by atoms with van der Waals surface area (Å²) in [5, 5.41) is 2.85. The van der Waals surface area contributed by atoms with E-state index in [1.165, 1.54) is 0 Å². The maximum Gasteiger partial charge on any atom is 0.407 e. The predicted octanol–water partition coefficient (Wildman–Crippen LogP) is 3.25. The predicted molar refractivity (Wildman–Crippen MR) is 90.0 cm³/mol. The first kappa shape index (κ1) is 20.4. The van der Waals surface area contributed by atoms with Gasteiger partial charge in [0.05, 0.1) is 6.10 Å². The number of ether oxygens (including phenoxy) is 1. The summed E-state index contributed by atoms with van der Waals surface area (Å²) in [5.74, 6) is 0. The van der Waals surface area contributed by atoms with Crippen molar-refractivity contribution < 1.29 is 14.0 Å². The average molecular weight is 319 g/mol. The van der Waals surface area contributed by atoms with Crippen molar-refractivity contribution >= 4 is 14.4 Å². The standard InChI is InChI=1S/C15H34N2O3Si/c1-11(16)12(20-21(8,9)15(5,6)7)10-17-13(18)19-14(2,3)4/h11-12H,10,16H2,1-9H3,(H,17,18)/t11-,12-/m1/s1. The second-order valence-electron chi connectivity index (χ2n) is 8.16. The van der Waals surface area contributed by atoms with Crippen molar-refractivity contribution in [1.29, 1.82) is 0 Å². The average Bonchev–Trinajstić information content (AvgIpc) is 2.19. The number of alkyl carbamates (subject to hydrolysis) is 1.